The normalized spacial score (nSPS) is 11.1. The smallest absolute Gasteiger partial charge is 0.165 e. The monoisotopic (exact) mass is 669 g/mol. The number of rotatable bonds is 6. The van der Waals surface area contributed by atoms with Gasteiger partial charge in [0.05, 0.1) is 17.3 Å². The van der Waals surface area contributed by atoms with E-state index >= 15 is 0 Å². The highest BCUT2D eigenvalue weighted by atomic mass is 32.1. The average molecular weight is 670 g/mol. The van der Waals surface area contributed by atoms with Crippen molar-refractivity contribution in [2.45, 2.75) is 0 Å². The summed E-state index contributed by atoms with van der Waals surface area (Å²) in [5.41, 5.74) is 9.49. The third kappa shape index (κ3) is 5.72. The zero-order chi connectivity index (χ0) is 34.1. The summed E-state index contributed by atoms with van der Waals surface area (Å²) in [5.74, 6) is 1.70. The molecule has 0 aliphatic rings. The van der Waals surface area contributed by atoms with Gasteiger partial charge in [0.1, 0.15) is 0 Å². The predicted octanol–water partition coefficient (Wildman–Crippen LogP) is 11.5. The van der Waals surface area contributed by atoms with Crippen LogP contribution in [0.4, 0.5) is 0 Å². The molecule has 0 atom stereocenters. The number of fused-ring (bicyclic) bond motifs is 3. The van der Waals surface area contributed by atoms with Gasteiger partial charge >= 0.3 is 0 Å². The molecular weight excluding hydrogens is 643 g/mol. The molecule has 9 aromatic rings. The Balaban J connectivity index is 1.31. The minimum absolute atomic E-state index is 0.540. The van der Waals surface area contributed by atoms with E-state index in [4.69, 9.17) is 19.9 Å². The van der Waals surface area contributed by atoms with E-state index in [2.05, 4.69) is 91.0 Å². The highest BCUT2D eigenvalue weighted by Crippen LogP contribution is 2.44. The lowest BCUT2D eigenvalue weighted by atomic mass is 9.94. The van der Waals surface area contributed by atoms with Crippen LogP contribution < -0.4 is 0 Å². The molecule has 0 aliphatic heterocycles. The molecule has 6 heteroatoms. The number of benzene rings is 6. The third-order valence-corrected chi connectivity index (χ3v) is 10.3. The van der Waals surface area contributed by atoms with Crippen LogP contribution in [0.5, 0.6) is 0 Å². The fourth-order valence-corrected chi connectivity index (χ4v) is 7.74. The van der Waals surface area contributed by atoms with Gasteiger partial charge in [0.15, 0.2) is 17.5 Å². The van der Waals surface area contributed by atoms with Crippen molar-refractivity contribution in [2.75, 3.05) is 0 Å². The van der Waals surface area contributed by atoms with E-state index in [1.807, 2.05) is 66.9 Å². The number of hydrogen-bond donors (Lipinski definition) is 0. The van der Waals surface area contributed by atoms with E-state index in [9.17, 15) is 5.26 Å². The van der Waals surface area contributed by atoms with Crippen LogP contribution in [0.25, 0.3) is 87.8 Å². The van der Waals surface area contributed by atoms with Crippen molar-refractivity contribution in [3.63, 3.8) is 0 Å². The first-order valence-corrected chi connectivity index (χ1v) is 17.4. The molecule has 0 saturated carbocycles. The van der Waals surface area contributed by atoms with E-state index < -0.39 is 0 Å². The van der Waals surface area contributed by atoms with Gasteiger partial charge < -0.3 is 0 Å². The Labute approximate surface area is 298 Å². The van der Waals surface area contributed by atoms with Crippen molar-refractivity contribution in [1.29, 1.82) is 5.26 Å². The van der Waals surface area contributed by atoms with Crippen molar-refractivity contribution in [1.82, 2.24) is 19.9 Å². The Bertz CT molecular complexity index is 2750. The molecule has 3 aromatic heterocycles. The maximum absolute atomic E-state index is 9.48. The van der Waals surface area contributed by atoms with E-state index in [0.29, 0.717) is 23.0 Å². The summed E-state index contributed by atoms with van der Waals surface area (Å²) in [6.45, 7) is 0. The summed E-state index contributed by atoms with van der Waals surface area (Å²) >= 11 is 1.75. The molecule has 0 spiro atoms. The fourth-order valence-electron chi connectivity index (χ4n) is 6.55. The van der Waals surface area contributed by atoms with Gasteiger partial charge in [-0.05, 0) is 82.9 Å². The van der Waals surface area contributed by atoms with Gasteiger partial charge in [0.25, 0.3) is 0 Å². The van der Waals surface area contributed by atoms with Crippen LogP contribution in [0.3, 0.4) is 0 Å². The molecular formula is C45H27N5S. The Morgan fingerprint density at radius 2 is 1.14 bits per heavy atom. The molecule has 0 fully saturated rings. The van der Waals surface area contributed by atoms with Gasteiger partial charge in [-0.1, -0.05) is 97.1 Å². The van der Waals surface area contributed by atoms with Crippen molar-refractivity contribution < 1.29 is 0 Å². The lowest BCUT2D eigenvalue weighted by molar-refractivity contribution is 1.08. The van der Waals surface area contributed by atoms with Gasteiger partial charge in [-0.15, -0.1) is 11.3 Å². The number of nitrogens with zero attached hydrogens (tertiary/aromatic N) is 5. The van der Waals surface area contributed by atoms with Gasteiger partial charge in [-0.2, -0.15) is 5.26 Å². The predicted molar refractivity (Wildman–Crippen MR) is 208 cm³/mol. The molecule has 0 bridgehead atoms. The summed E-state index contributed by atoms with van der Waals surface area (Å²) in [4.78, 5) is 20.1. The molecule has 0 aliphatic carbocycles. The quantitative estimate of drug-likeness (QED) is 0.176. The lowest BCUT2D eigenvalue weighted by Crippen LogP contribution is -2.01. The molecule has 5 nitrogen and oxygen atoms in total. The SMILES string of the molecule is N#Cc1ccc(-c2nc(-c3cccc(-c4ccccc4)c3)nc(-c3cc(-c4ccccc4-c4ccccn4)cc4c3sc3ccccc34)n2)cc1. The van der Waals surface area contributed by atoms with E-state index in [1.54, 1.807) is 23.5 Å². The number of thiophene rings is 1. The standard InChI is InChI=1S/C45H27N5S/c46-28-29-20-22-31(23-21-29)43-48-44(33-14-10-13-32(25-33)30-11-2-1-3-12-30)50-45(49-43)39-27-34(26-38-37-17-6-7-19-41(37)51-42(38)39)35-15-4-5-16-36(35)40-18-8-9-24-47-40/h1-27H. The largest absolute Gasteiger partial charge is 0.256 e. The van der Waals surface area contributed by atoms with Crippen molar-refractivity contribution in [2.24, 2.45) is 0 Å². The van der Waals surface area contributed by atoms with Crippen molar-refractivity contribution >= 4 is 31.5 Å². The maximum atomic E-state index is 9.48. The first kappa shape index (κ1) is 30.3. The molecule has 0 amide bonds. The van der Waals surface area contributed by atoms with Gasteiger partial charge in [-0.25, -0.2) is 15.0 Å². The van der Waals surface area contributed by atoms with Crippen LogP contribution in [0.15, 0.2) is 164 Å². The summed E-state index contributed by atoms with van der Waals surface area (Å²) < 4.78 is 2.30. The minimum atomic E-state index is 0.540. The molecule has 6 aromatic carbocycles. The van der Waals surface area contributed by atoms with E-state index in [-0.39, 0.29) is 0 Å². The fraction of sp³-hybridized carbons (Fsp3) is 0. The lowest BCUT2D eigenvalue weighted by Gasteiger charge is -2.13. The number of pyridine rings is 1. The molecule has 0 radical (unpaired) electrons. The Morgan fingerprint density at radius 1 is 0.451 bits per heavy atom. The van der Waals surface area contributed by atoms with Crippen LogP contribution in [0.1, 0.15) is 5.56 Å². The number of nitriles is 1. The maximum Gasteiger partial charge on any atom is 0.165 e. The first-order valence-electron chi connectivity index (χ1n) is 16.6. The summed E-state index contributed by atoms with van der Waals surface area (Å²) in [6, 6.07) is 55.7. The van der Waals surface area contributed by atoms with Crippen LogP contribution in [-0.4, -0.2) is 19.9 Å². The van der Waals surface area contributed by atoms with Gasteiger partial charge in [-0.3, -0.25) is 4.98 Å². The zero-order valence-corrected chi connectivity index (χ0v) is 28.0. The van der Waals surface area contributed by atoms with E-state index in [0.717, 1.165) is 60.3 Å². The average Bonchev–Trinajstić information content (AvgIpc) is 3.60. The Kier molecular flexibility index (Phi) is 7.66. The van der Waals surface area contributed by atoms with Gasteiger partial charge in [0, 0.05) is 48.6 Å². The molecule has 3 heterocycles. The molecule has 0 unspecified atom stereocenters. The Morgan fingerprint density at radius 3 is 1.94 bits per heavy atom. The van der Waals surface area contributed by atoms with E-state index in [1.165, 1.54) is 10.1 Å². The molecule has 51 heavy (non-hydrogen) atoms. The first-order chi connectivity index (χ1) is 25.2. The number of aromatic nitrogens is 4. The highest BCUT2D eigenvalue weighted by molar-refractivity contribution is 7.26. The van der Waals surface area contributed by atoms with Crippen LogP contribution >= 0.6 is 11.3 Å². The molecule has 0 N–H and O–H groups in total. The zero-order valence-electron chi connectivity index (χ0n) is 27.2. The summed E-state index contributed by atoms with van der Waals surface area (Å²) in [5, 5.41) is 11.8. The Hall–Kier alpha value is -6.81. The topological polar surface area (TPSA) is 75.3 Å². The summed E-state index contributed by atoms with van der Waals surface area (Å²) in [7, 11) is 0. The highest BCUT2D eigenvalue weighted by Gasteiger charge is 2.20. The van der Waals surface area contributed by atoms with Crippen molar-refractivity contribution in [3.05, 3.63) is 169 Å². The van der Waals surface area contributed by atoms with Gasteiger partial charge in [0.2, 0.25) is 0 Å². The molecule has 238 valence electrons. The summed E-state index contributed by atoms with van der Waals surface area (Å²) in [6.07, 6.45) is 1.83. The van der Waals surface area contributed by atoms with Crippen molar-refractivity contribution in [3.8, 4) is 73.7 Å². The van der Waals surface area contributed by atoms with Crippen LogP contribution in [0, 0.1) is 11.3 Å². The second-order valence-corrected chi connectivity index (χ2v) is 13.3. The van der Waals surface area contributed by atoms with Crippen LogP contribution in [-0.2, 0) is 0 Å². The second kappa shape index (κ2) is 12.9. The van der Waals surface area contributed by atoms with Crippen LogP contribution in [0.2, 0.25) is 0 Å². The molecule has 0 saturated heterocycles. The second-order valence-electron chi connectivity index (χ2n) is 12.2. The molecule has 9 rings (SSSR count). The number of hydrogen-bond acceptors (Lipinski definition) is 6. The third-order valence-electron chi connectivity index (χ3n) is 9.03. The minimum Gasteiger partial charge on any atom is -0.256 e.